The van der Waals surface area contributed by atoms with Gasteiger partial charge in [0.05, 0.1) is 29.5 Å². The van der Waals surface area contributed by atoms with Crippen LogP contribution in [0.3, 0.4) is 0 Å². The summed E-state index contributed by atoms with van der Waals surface area (Å²) in [4.78, 5) is 26.7. The van der Waals surface area contributed by atoms with Crippen molar-refractivity contribution in [3.8, 4) is 0 Å². The molecule has 0 spiro atoms. The second-order valence-electron chi connectivity index (χ2n) is 7.00. The first-order valence-corrected chi connectivity index (χ1v) is 10.8. The lowest BCUT2D eigenvalue weighted by Gasteiger charge is -2.22. The first-order chi connectivity index (χ1) is 14.3. The van der Waals surface area contributed by atoms with Crippen LogP contribution in [0.15, 0.2) is 39.8 Å². The smallest absolute Gasteiger partial charge is 0.374 e. The molecule has 1 aromatic heterocycles. The molecule has 1 saturated heterocycles. The van der Waals surface area contributed by atoms with Gasteiger partial charge in [0.15, 0.2) is 0 Å². The zero-order valence-electron chi connectivity index (χ0n) is 17.1. The number of rotatable bonds is 7. The Balaban J connectivity index is 1.91. The molecule has 0 aliphatic carbocycles. The number of carbonyl (C=O) groups excluding carboxylic acids is 2. The van der Waals surface area contributed by atoms with E-state index < -0.39 is 22.0 Å². The molecule has 0 bridgehead atoms. The van der Waals surface area contributed by atoms with Crippen LogP contribution in [0.1, 0.15) is 39.3 Å². The quantitative estimate of drug-likeness (QED) is 0.609. The normalized spacial score (nSPS) is 14.2. The number of benzene rings is 1. The van der Waals surface area contributed by atoms with Gasteiger partial charge in [0.25, 0.3) is 0 Å². The van der Waals surface area contributed by atoms with E-state index in [-0.39, 0.29) is 22.8 Å². The predicted molar refractivity (Wildman–Crippen MR) is 108 cm³/mol. The molecule has 0 N–H and O–H groups in total. The third-order valence-electron chi connectivity index (χ3n) is 4.89. The van der Waals surface area contributed by atoms with Crippen LogP contribution in [0.25, 0.3) is 0 Å². The second-order valence-corrected chi connectivity index (χ2v) is 9.16. The molecule has 1 fully saturated rings. The molecule has 2 heterocycles. The third kappa shape index (κ3) is 4.34. The van der Waals surface area contributed by atoms with Crippen LogP contribution in [0, 0.1) is 0 Å². The number of nitrogens with zero attached hydrogens (tertiary/aromatic N) is 2. The number of anilines is 1. The van der Waals surface area contributed by atoms with E-state index in [4.69, 9.17) is 9.15 Å². The summed E-state index contributed by atoms with van der Waals surface area (Å²) in [6.07, 6.45) is 3.28. The van der Waals surface area contributed by atoms with Gasteiger partial charge in [-0.05, 0) is 37.1 Å². The summed E-state index contributed by atoms with van der Waals surface area (Å²) < 4.78 is 41.3. The highest BCUT2D eigenvalue weighted by Gasteiger charge is 2.26. The lowest BCUT2D eigenvalue weighted by molar-refractivity contribution is 0.0454. The standard InChI is InChI=1S/C20H24N2O7S/c1-21(2)30(25,26)15-6-7-17(22-9-4-5-10-22)16(12-15)19(23)29-13-14-8-11-28-18(14)20(24)27-3/h6-8,11-12H,4-5,9-10,13H2,1-3H3. The van der Waals surface area contributed by atoms with Crippen LogP contribution in [0.4, 0.5) is 5.69 Å². The largest absolute Gasteiger partial charge is 0.463 e. The Morgan fingerprint density at radius 3 is 2.47 bits per heavy atom. The Morgan fingerprint density at radius 2 is 1.83 bits per heavy atom. The van der Waals surface area contributed by atoms with Crippen molar-refractivity contribution in [1.29, 1.82) is 0 Å². The number of hydrogen-bond acceptors (Lipinski definition) is 8. The maximum atomic E-state index is 12.9. The second kappa shape index (κ2) is 8.88. The lowest BCUT2D eigenvalue weighted by atomic mass is 10.1. The summed E-state index contributed by atoms with van der Waals surface area (Å²) in [5.74, 6) is -1.42. The zero-order valence-corrected chi connectivity index (χ0v) is 17.9. The number of hydrogen-bond donors (Lipinski definition) is 0. The summed E-state index contributed by atoms with van der Waals surface area (Å²) in [6, 6.07) is 5.97. The van der Waals surface area contributed by atoms with Gasteiger partial charge in [-0.2, -0.15) is 0 Å². The molecular formula is C20H24N2O7S. The van der Waals surface area contributed by atoms with Crippen molar-refractivity contribution >= 4 is 27.6 Å². The Hall–Kier alpha value is -2.85. The van der Waals surface area contributed by atoms with Gasteiger partial charge in [-0.3, -0.25) is 0 Å². The molecule has 1 aliphatic heterocycles. The summed E-state index contributed by atoms with van der Waals surface area (Å²) in [7, 11) is 0.351. The van der Waals surface area contributed by atoms with Gasteiger partial charge in [-0.1, -0.05) is 0 Å². The molecule has 10 heteroatoms. The molecule has 9 nitrogen and oxygen atoms in total. The van der Waals surface area contributed by atoms with Gasteiger partial charge in [-0.25, -0.2) is 22.3 Å². The van der Waals surface area contributed by atoms with Crippen molar-refractivity contribution in [2.24, 2.45) is 0 Å². The van der Waals surface area contributed by atoms with Gasteiger partial charge < -0.3 is 18.8 Å². The Labute approximate surface area is 175 Å². The van der Waals surface area contributed by atoms with Crippen LogP contribution in [-0.2, 0) is 26.1 Å². The van der Waals surface area contributed by atoms with E-state index in [0.717, 1.165) is 30.2 Å². The van der Waals surface area contributed by atoms with Crippen molar-refractivity contribution in [1.82, 2.24) is 4.31 Å². The van der Waals surface area contributed by atoms with Crippen LogP contribution in [0.5, 0.6) is 0 Å². The minimum Gasteiger partial charge on any atom is -0.463 e. The van der Waals surface area contributed by atoms with E-state index in [1.807, 2.05) is 4.90 Å². The van der Waals surface area contributed by atoms with Crippen LogP contribution >= 0.6 is 0 Å². The Morgan fingerprint density at radius 1 is 1.13 bits per heavy atom. The molecule has 162 valence electrons. The highest BCUT2D eigenvalue weighted by atomic mass is 32.2. The maximum Gasteiger partial charge on any atom is 0.374 e. The van der Waals surface area contributed by atoms with Crippen molar-refractivity contribution in [3.63, 3.8) is 0 Å². The van der Waals surface area contributed by atoms with E-state index >= 15 is 0 Å². The summed E-state index contributed by atoms with van der Waals surface area (Å²) in [6.45, 7) is 1.33. The van der Waals surface area contributed by atoms with Crippen LogP contribution < -0.4 is 4.90 Å². The average molecular weight is 436 g/mol. The highest BCUT2D eigenvalue weighted by Crippen LogP contribution is 2.29. The van der Waals surface area contributed by atoms with Gasteiger partial charge in [0.1, 0.15) is 6.61 Å². The molecule has 1 aromatic carbocycles. The molecule has 1 aliphatic rings. The van der Waals surface area contributed by atoms with Gasteiger partial charge in [0, 0.05) is 32.7 Å². The molecular weight excluding hydrogens is 412 g/mol. The number of esters is 2. The summed E-state index contributed by atoms with van der Waals surface area (Å²) >= 11 is 0. The van der Waals surface area contributed by atoms with Crippen LogP contribution in [0.2, 0.25) is 0 Å². The molecule has 3 rings (SSSR count). The predicted octanol–water partition coefficient (Wildman–Crippen LogP) is 2.27. The van der Waals surface area contributed by atoms with E-state index in [9.17, 15) is 18.0 Å². The van der Waals surface area contributed by atoms with Crippen molar-refractivity contribution in [3.05, 3.63) is 47.4 Å². The molecule has 0 radical (unpaired) electrons. The number of sulfonamides is 1. The van der Waals surface area contributed by atoms with Crippen molar-refractivity contribution in [2.75, 3.05) is 39.2 Å². The Bertz CT molecular complexity index is 1040. The average Bonchev–Trinajstić information content (AvgIpc) is 3.42. The molecule has 0 amide bonds. The molecule has 2 aromatic rings. The maximum absolute atomic E-state index is 12.9. The summed E-state index contributed by atoms with van der Waals surface area (Å²) in [5, 5.41) is 0. The number of methoxy groups -OCH3 is 1. The molecule has 0 atom stereocenters. The van der Waals surface area contributed by atoms with Gasteiger partial charge in [-0.15, -0.1) is 0 Å². The van der Waals surface area contributed by atoms with Gasteiger partial charge in [0.2, 0.25) is 15.8 Å². The first kappa shape index (κ1) is 21.8. The minimum atomic E-state index is -3.72. The fraction of sp³-hybridized carbons (Fsp3) is 0.400. The van der Waals surface area contributed by atoms with Crippen molar-refractivity contribution < 1.29 is 31.9 Å². The topological polar surface area (TPSA) is 106 Å². The van der Waals surface area contributed by atoms with E-state index in [1.165, 1.54) is 45.7 Å². The summed E-state index contributed by atoms with van der Waals surface area (Å²) in [5.41, 5.74) is 1.13. The number of carbonyl (C=O) groups is 2. The first-order valence-electron chi connectivity index (χ1n) is 9.39. The van der Waals surface area contributed by atoms with E-state index in [2.05, 4.69) is 4.74 Å². The molecule has 0 saturated carbocycles. The highest BCUT2D eigenvalue weighted by molar-refractivity contribution is 7.89. The lowest BCUT2D eigenvalue weighted by Crippen LogP contribution is -2.24. The minimum absolute atomic E-state index is 0.000887. The number of ether oxygens (including phenoxy) is 2. The fourth-order valence-electron chi connectivity index (χ4n) is 3.23. The Kier molecular flexibility index (Phi) is 6.47. The molecule has 30 heavy (non-hydrogen) atoms. The number of furan rings is 1. The van der Waals surface area contributed by atoms with E-state index in [1.54, 1.807) is 6.07 Å². The monoisotopic (exact) mass is 436 g/mol. The van der Waals surface area contributed by atoms with Gasteiger partial charge >= 0.3 is 11.9 Å². The van der Waals surface area contributed by atoms with E-state index in [0.29, 0.717) is 11.3 Å². The van der Waals surface area contributed by atoms with Crippen LogP contribution in [-0.4, -0.2) is 59.0 Å². The van der Waals surface area contributed by atoms with Crippen molar-refractivity contribution in [2.45, 2.75) is 24.3 Å². The third-order valence-corrected chi connectivity index (χ3v) is 6.70. The molecule has 0 unspecified atom stereocenters. The zero-order chi connectivity index (χ0) is 21.9. The fourth-order valence-corrected chi connectivity index (χ4v) is 4.15. The SMILES string of the molecule is COC(=O)c1occc1COC(=O)c1cc(S(=O)(=O)N(C)C)ccc1N1CCCC1.